The molecule has 1 aliphatic heterocycles. The lowest BCUT2D eigenvalue weighted by Crippen LogP contribution is -2.40. The van der Waals surface area contributed by atoms with Gasteiger partial charge in [-0.15, -0.1) is 0 Å². The van der Waals surface area contributed by atoms with Crippen LogP contribution in [0.3, 0.4) is 0 Å². The van der Waals surface area contributed by atoms with Crippen LogP contribution >= 0.6 is 15.9 Å². The Morgan fingerprint density at radius 1 is 1.25 bits per heavy atom. The largest absolute Gasteiger partial charge is 0.375 e. The minimum absolute atomic E-state index is 0.289. The van der Waals surface area contributed by atoms with E-state index < -0.39 is 11.5 Å². The van der Waals surface area contributed by atoms with Gasteiger partial charge in [0.1, 0.15) is 0 Å². The summed E-state index contributed by atoms with van der Waals surface area (Å²) in [5.41, 5.74) is 0.124. The predicted molar refractivity (Wildman–Crippen MR) is 96.5 cm³/mol. The molecule has 0 spiro atoms. The van der Waals surface area contributed by atoms with Crippen molar-refractivity contribution in [3.8, 4) is 0 Å². The molecule has 122 valence electrons. The van der Waals surface area contributed by atoms with E-state index in [1.165, 1.54) is 11.0 Å². The van der Waals surface area contributed by atoms with Crippen molar-refractivity contribution in [3.63, 3.8) is 0 Å². The molecule has 0 aromatic heterocycles. The maximum Gasteiger partial charge on any atom is 0.263 e. The highest BCUT2D eigenvalue weighted by atomic mass is 79.9. The van der Waals surface area contributed by atoms with Crippen molar-refractivity contribution in [1.29, 1.82) is 0 Å². The van der Waals surface area contributed by atoms with E-state index in [-0.39, 0.29) is 12.2 Å². The standard InChI is InChI=1S/C19H16BrNO3/c1-21-17-10-8-14(20)11-16(17)19(24,18(21)23)12-15(22)9-7-13-5-3-2-4-6-13/h2-11,24H,12H2,1H3. The van der Waals surface area contributed by atoms with Gasteiger partial charge in [-0.05, 0) is 29.8 Å². The second kappa shape index (κ2) is 6.34. The molecule has 1 aliphatic rings. The number of likely N-dealkylation sites (N-methyl/N-ethyl adjacent to an activating group) is 1. The summed E-state index contributed by atoms with van der Waals surface area (Å²) in [6.07, 6.45) is 2.79. The van der Waals surface area contributed by atoms with Gasteiger partial charge in [0.05, 0.1) is 12.1 Å². The zero-order valence-electron chi connectivity index (χ0n) is 13.1. The number of amides is 1. The van der Waals surface area contributed by atoms with E-state index in [4.69, 9.17) is 0 Å². The number of carbonyl (C=O) groups is 2. The summed E-state index contributed by atoms with van der Waals surface area (Å²) in [6, 6.07) is 14.6. The van der Waals surface area contributed by atoms with Crippen molar-refractivity contribution in [2.45, 2.75) is 12.0 Å². The number of hydrogen-bond acceptors (Lipinski definition) is 3. The highest BCUT2D eigenvalue weighted by molar-refractivity contribution is 9.10. The van der Waals surface area contributed by atoms with Crippen LogP contribution in [0.15, 0.2) is 59.1 Å². The number of carbonyl (C=O) groups excluding carboxylic acids is 2. The van der Waals surface area contributed by atoms with Crippen molar-refractivity contribution in [2.75, 3.05) is 11.9 Å². The minimum atomic E-state index is -1.83. The molecular formula is C19H16BrNO3. The van der Waals surface area contributed by atoms with E-state index in [1.54, 1.807) is 31.3 Å². The number of nitrogens with zero attached hydrogens (tertiary/aromatic N) is 1. The van der Waals surface area contributed by atoms with E-state index in [2.05, 4.69) is 15.9 Å². The topological polar surface area (TPSA) is 57.6 Å². The lowest BCUT2D eigenvalue weighted by atomic mass is 9.89. The van der Waals surface area contributed by atoms with E-state index in [0.29, 0.717) is 11.3 Å². The molecule has 3 rings (SSSR count). The summed E-state index contributed by atoms with van der Waals surface area (Å²) in [4.78, 5) is 26.2. The van der Waals surface area contributed by atoms with Gasteiger partial charge in [-0.25, -0.2) is 0 Å². The number of ketones is 1. The van der Waals surface area contributed by atoms with Crippen LogP contribution in [0.2, 0.25) is 0 Å². The average molecular weight is 386 g/mol. The number of allylic oxidation sites excluding steroid dienone is 1. The fourth-order valence-electron chi connectivity index (χ4n) is 2.87. The third-order valence-corrected chi connectivity index (χ3v) is 4.61. The molecule has 1 N–H and O–H groups in total. The lowest BCUT2D eigenvalue weighted by Gasteiger charge is -2.20. The number of anilines is 1. The van der Waals surface area contributed by atoms with Gasteiger partial charge < -0.3 is 10.0 Å². The van der Waals surface area contributed by atoms with E-state index >= 15 is 0 Å². The van der Waals surface area contributed by atoms with Crippen LogP contribution in [0.25, 0.3) is 6.08 Å². The second-order valence-corrected chi connectivity index (χ2v) is 6.69. The van der Waals surface area contributed by atoms with Gasteiger partial charge in [-0.3, -0.25) is 9.59 Å². The van der Waals surface area contributed by atoms with Crippen molar-refractivity contribution in [3.05, 3.63) is 70.2 Å². The lowest BCUT2D eigenvalue weighted by molar-refractivity contribution is -0.140. The molecule has 1 heterocycles. The summed E-state index contributed by atoms with van der Waals surface area (Å²) in [5.74, 6) is -0.798. The van der Waals surface area contributed by atoms with Crippen molar-refractivity contribution >= 4 is 39.4 Å². The third-order valence-electron chi connectivity index (χ3n) is 4.12. The van der Waals surface area contributed by atoms with Gasteiger partial charge in [-0.1, -0.05) is 52.3 Å². The molecule has 0 bridgehead atoms. The van der Waals surface area contributed by atoms with Crippen molar-refractivity contribution in [1.82, 2.24) is 0 Å². The number of aliphatic hydroxyl groups is 1. The van der Waals surface area contributed by atoms with Crippen LogP contribution < -0.4 is 4.90 Å². The van der Waals surface area contributed by atoms with Crippen LogP contribution in [0.1, 0.15) is 17.5 Å². The van der Waals surface area contributed by atoms with Crippen molar-refractivity contribution in [2.24, 2.45) is 0 Å². The minimum Gasteiger partial charge on any atom is -0.375 e. The Kier molecular flexibility index (Phi) is 4.39. The maximum absolute atomic E-state index is 12.5. The highest BCUT2D eigenvalue weighted by Crippen LogP contribution is 2.42. The smallest absolute Gasteiger partial charge is 0.263 e. The van der Waals surface area contributed by atoms with E-state index in [0.717, 1.165) is 10.0 Å². The van der Waals surface area contributed by atoms with E-state index in [9.17, 15) is 14.7 Å². The zero-order chi connectivity index (χ0) is 17.3. The third kappa shape index (κ3) is 2.92. The van der Waals surface area contributed by atoms with Crippen LogP contribution in [-0.4, -0.2) is 23.8 Å². The molecule has 2 aromatic carbocycles. The monoisotopic (exact) mass is 385 g/mol. The Labute approximate surface area is 148 Å². The fourth-order valence-corrected chi connectivity index (χ4v) is 3.23. The van der Waals surface area contributed by atoms with Gasteiger partial charge in [0.2, 0.25) is 0 Å². The summed E-state index contributed by atoms with van der Waals surface area (Å²) in [6.45, 7) is 0. The maximum atomic E-state index is 12.5. The second-order valence-electron chi connectivity index (χ2n) is 5.77. The Hall–Kier alpha value is -2.24. The normalized spacial score (nSPS) is 19.8. The number of rotatable bonds is 4. The molecule has 0 fully saturated rings. The molecule has 1 amide bonds. The Morgan fingerprint density at radius 3 is 2.67 bits per heavy atom. The Bertz CT molecular complexity index is 832. The van der Waals surface area contributed by atoms with Gasteiger partial charge >= 0.3 is 0 Å². The first kappa shape index (κ1) is 16.6. The molecule has 2 aromatic rings. The number of halogens is 1. The predicted octanol–water partition coefficient (Wildman–Crippen LogP) is 3.29. The molecule has 1 unspecified atom stereocenters. The highest BCUT2D eigenvalue weighted by Gasteiger charge is 2.49. The quantitative estimate of drug-likeness (QED) is 0.821. The molecular weight excluding hydrogens is 370 g/mol. The number of hydrogen-bond donors (Lipinski definition) is 1. The molecule has 0 aliphatic carbocycles. The number of benzene rings is 2. The Morgan fingerprint density at radius 2 is 1.96 bits per heavy atom. The van der Waals surface area contributed by atoms with Gasteiger partial charge in [0.25, 0.3) is 5.91 Å². The number of fused-ring (bicyclic) bond motifs is 1. The molecule has 0 saturated heterocycles. The van der Waals surface area contributed by atoms with E-state index in [1.807, 2.05) is 30.3 Å². The molecule has 4 nitrogen and oxygen atoms in total. The molecule has 5 heteroatoms. The molecule has 0 saturated carbocycles. The average Bonchev–Trinajstić information content (AvgIpc) is 2.75. The molecule has 24 heavy (non-hydrogen) atoms. The van der Waals surface area contributed by atoms with Crippen LogP contribution in [0.4, 0.5) is 5.69 Å². The summed E-state index contributed by atoms with van der Waals surface area (Å²) in [7, 11) is 1.59. The summed E-state index contributed by atoms with van der Waals surface area (Å²) in [5, 5.41) is 10.9. The SMILES string of the molecule is CN1C(=O)C(O)(CC(=O)C=Cc2ccccc2)c2cc(Br)ccc21. The molecule has 0 radical (unpaired) electrons. The van der Waals surface area contributed by atoms with Crippen molar-refractivity contribution < 1.29 is 14.7 Å². The van der Waals surface area contributed by atoms with Crippen LogP contribution in [0, 0.1) is 0 Å². The summed E-state index contributed by atoms with van der Waals surface area (Å²) < 4.78 is 0.745. The summed E-state index contributed by atoms with van der Waals surface area (Å²) >= 11 is 3.34. The zero-order valence-corrected chi connectivity index (χ0v) is 14.7. The first-order valence-electron chi connectivity index (χ1n) is 7.48. The first-order chi connectivity index (χ1) is 11.4. The van der Waals surface area contributed by atoms with Gasteiger partial charge in [0.15, 0.2) is 11.4 Å². The Balaban J connectivity index is 1.86. The molecule has 1 atom stereocenters. The van der Waals surface area contributed by atoms with Gasteiger partial charge in [0, 0.05) is 17.1 Å². The van der Waals surface area contributed by atoms with Gasteiger partial charge in [-0.2, -0.15) is 0 Å². The van der Waals surface area contributed by atoms with Crippen LogP contribution in [-0.2, 0) is 15.2 Å². The first-order valence-corrected chi connectivity index (χ1v) is 8.27. The fraction of sp³-hybridized carbons (Fsp3) is 0.158. The van der Waals surface area contributed by atoms with Crippen LogP contribution in [0.5, 0.6) is 0 Å².